The van der Waals surface area contributed by atoms with Gasteiger partial charge in [-0.25, -0.2) is 0 Å². The fourth-order valence-corrected chi connectivity index (χ4v) is 6.58. The van der Waals surface area contributed by atoms with Gasteiger partial charge in [0.2, 0.25) is 0 Å². The molecule has 4 rings (SSSR count). The normalized spacial score (nSPS) is 11.9. The molecule has 36 heavy (non-hydrogen) atoms. The van der Waals surface area contributed by atoms with Gasteiger partial charge >= 0.3 is 0 Å². The summed E-state index contributed by atoms with van der Waals surface area (Å²) in [5.74, 6) is 0. The van der Waals surface area contributed by atoms with Crippen molar-refractivity contribution in [3.05, 3.63) is 104 Å². The standard InChI is InChI=1S/C33H39BNS/c1-22-18-24(3)32(25(4)19-22)34(33-26(5)20-23(2)21-27(33)6)31-17-16-30(36-31)15-12-28-10-13-29(14-11-28)35(7,8)9/h10-21H,1-9H3/q+1/b15-12+. The van der Waals surface area contributed by atoms with E-state index >= 15 is 0 Å². The number of quaternary nitrogens is 1. The molecule has 3 heteroatoms. The molecule has 0 atom stereocenters. The maximum Gasteiger partial charge on any atom is 0.255 e. The number of hydrogen-bond acceptors (Lipinski definition) is 1. The van der Waals surface area contributed by atoms with Crippen molar-refractivity contribution in [2.24, 2.45) is 0 Å². The molecule has 4 aromatic rings. The Balaban J connectivity index is 1.76. The lowest BCUT2D eigenvalue weighted by molar-refractivity contribution is 0.486. The predicted molar refractivity (Wildman–Crippen MR) is 165 cm³/mol. The molecule has 0 N–H and O–H groups in total. The first-order valence-corrected chi connectivity index (χ1v) is 13.6. The summed E-state index contributed by atoms with van der Waals surface area (Å²) in [6, 6.07) is 22.8. The molecule has 0 aliphatic heterocycles. The van der Waals surface area contributed by atoms with Gasteiger partial charge in [-0.2, -0.15) is 0 Å². The molecule has 0 amide bonds. The molecule has 0 radical (unpaired) electrons. The second-order valence-corrected chi connectivity index (χ2v) is 12.4. The van der Waals surface area contributed by atoms with E-state index in [1.165, 1.54) is 65.2 Å². The van der Waals surface area contributed by atoms with E-state index in [9.17, 15) is 0 Å². The Kier molecular flexibility index (Phi) is 7.45. The monoisotopic (exact) mass is 492 g/mol. The lowest BCUT2D eigenvalue weighted by Crippen LogP contribution is -2.54. The van der Waals surface area contributed by atoms with Crippen molar-refractivity contribution in [3.8, 4) is 0 Å². The largest absolute Gasteiger partial charge is 0.298 e. The van der Waals surface area contributed by atoms with Crippen molar-refractivity contribution in [3.63, 3.8) is 0 Å². The van der Waals surface area contributed by atoms with Crippen LogP contribution in [0.4, 0.5) is 5.69 Å². The second-order valence-electron chi connectivity index (χ2n) is 11.2. The van der Waals surface area contributed by atoms with Gasteiger partial charge in [0.1, 0.15) is 5.69 Å². The van der Waals surface area contributed by atoms with Gasteiger partial charge in [0.25, 0.3) is 6.71 Å². The predicted octanol–water partition coefficient (Wildman–Crippen LogP) is 6.48. The summed E-state index contributed by atoms with van der Waals surface area (Å²) in [6.45, 7) is 13.7. The van der Waals surface area contributed by atoms with Crippen molar-refractivity contribution in [1.82, 2.24) is 4.48 Å². The summed E-state index contributed by atoms with van der Waals surface area (Å²) in [5, 5.41) is 0. The topological polar surface area (TPSA) is 0 Å². The van der Waals surface area contributed by atoms with Crippen molar-refractivity contribution in [1.29, 1.82) is 0 Å². The second kappa shape index (κ2) is 10.2. The van der Waals surface area contributed by atoms with Gasteiger partial charge in [-0.05, 0) is 88.3 Å². The average Bonchev–Trinajstić information content (AvgIpc) is 3.23. The highest BCUT2D eigenvalue weighted by molar-refractivity contribution is 7.28. The summed E-state index contributed by atoms with van der Waals surface area (Å²) in [6.07, 6.45) is 4.49. The smallest absolute Gasteiger partial charge is 0.255 e. The molecule has 0 aliphatic carbocycles. The Hall–Kier alpha value is -2.88. The third-order valence-corrected chi connectivity index (χ3v) is 8.21. The highest BCUT2D eigenvalue weighted by atomic mass is 32.1. The van der Waals surface area contributed by atoms with Crippen molar-refractivity contribution < 1.29 is 0 Å². The van der Waals surface area contributed by atoms with Gasteiger partial charge in [-0.3, -0.25) is 4.48 Å². The van der Waals surface area contributed by atoms with Gasteiger partial charge in [-0.15, -0.1) is 11.3 Å². The number of benzene rings is 3. The van der Waals surface area contributed by atoms with Crippen LogP contribution in [0.5, 0.6) is 0 Å². The molecule has 1 heterocycles. The van der Waals surface area contributed by atoms with E-state index in [1.807, 2.05) is 11.3 Å². The van der Waals surface area contributed by atoms with E-state index < -0.39 is 0 Å². The molecule has 0 fully saturated rings. The lowest BCUT2D eigenvalue weighted by atomic mass is 9.37. The highest BCUT2D eigenvalue weighted by Gasteiger charge is 2.29. The number of nitrogens with zero attached hydrogens (tertiary/aromatic N) is 1. The summed E-state index contributed by atoms with van der Waals surface area (Å²) in [4.78, 5) is 1.29. The summed E-state index contributed by atoms with van der Waals surface area (Å²) >= 11 is 1.91. The zero-order valence-electron chi connectivity index (χ0n) is 23.4. The fraction of sp³-hybridized carbons (Fsp3) is 0.273. The minimum absolute atomic E-state index is 0.238. The Morgan fingerprint density at radius 1 is 0.611 bits per heavy atom. The summed E-state index contributed by atoms with van der Waals surface area (Å²) in [7, 11) is 6.59. The first-order chi connectivity index (χ1) is 16.9. The third-order valence-electron chi connectivity index (χ3n) is 7.09. The van der Waals surface area contributed by atoms with Crippen LogP contribution < -0.4 is 20.2 Å². The molecular weight excluding hydrogens is 453 g/mol. The maximum atomic E-state index is 2.34. The van der Waals surface area contributed by atoms with Crippen LogP contribution >= 0.6 is 11.3 Å². The van der Waals surface area contributed by atoms with E-state index in [0.29, 0.717) is 0 Å². The molecule has 1 aromatic heterocycles. The van der Waals surface area contributed by atoms with Crippen molar-refractivity contribution in [2.45, 2.75) is 41.5 Å². The van der Waals surface area contributed by atoms with Gasteiger partial charge in [0, 0.05) is 4.88 Å². The zero-order valence-corrected chi connectivity index (χ0v) is 24.2. The first-order valence-electron chi connectivity index (χ1n) is 12.8. The molecule has 184 valence electrons. The molecular formula is C33H39BNS+. The van der Waals surface area contributed by atoms with Crippen LogP contribution in [-0.2, 0) is 0 Å². The van der Waals surface area contributed by atoms with Crippen LogP contribution in [-0.4, -0.2) is 27.9 Å². The summed E-state index contributed by atoms with van der Waals surface area (Å²) < 4.78 is 2.23. The first kappa shape index (κ1) is 26.2. The molecule has 0 saturated heterocycles. The Labute approximate surface area is 222 Å². The Morgan fingerprint density at radius 3 is 1.53 bits per heavy atom. The van der Waals surface area contributed by atoms with Gasteiger partial charge in [-0.1, -0.05) is 80.7 Å². The molecule has 0 unspecified atom stereocenters. The van der Waals surface area contributed by atoms with E-state index in [4.69, 9.17) is 0 Å². The number of aryl methyl sites for hydroxylation is 6. The van der Waals surface area contributed by atoms with Gasteiger partial charge in [0.15, 0.2) is 0 Å². The summed E-state index contributed by atoms with van der Waals surface area (Å²) in [5.41, 5.74) is 13.6. The van der Waals surface area contributed by atoms with Crippen LogP contribution in [0.2, 0.25) is 0 Å². The van der Waals surface area contributed by atoms with E-state index in [1.54, 1.807) is 0 Å². The van der Waals surface area contributed by atoms with E-state index in [2.05, 4.69) is 136 Å². The Morgan fingerprint density at radius 2 is 1.08 bits per heavy atom. The Bertz CT molecular complexity index is 1310. The average molecular weight is 493 g/mol. The van der Waals surface area contributed by atoms with Gasteiger partial charge in [0.05, 0.1) is 21.1 Å². The lowest BCUT2D eigenvalue weighted by Gasteiger charge is -2.23. The minimum Gasteiger partial charge on any atom is -0.298 e. The fourth-order valence-electron chi connectivity index (χ4n) is 5.55. The molecule has 0 spiro atoms. The molecule has 0 aliphatic rings. The number of rotatable bonds is 6. The van der Waals surface area contributed by atoms with Crippen LogP contribution in [0, 0.1) is 41.5 Å². The molecule has 1 nitrogen and oxygen atoms in total. The van der Waals surface area contributed by atoms with Crippen LogP contribution in [0.1, 0.15) is 43.8 Å². The van der Waals surface area contributed by atoms with E-state index in [0.717, 1.165) is 4.48 Å². The number of hydrogen-bond donors (Lipinski definition) is 0. The number of thiophene rings is 1. The van der Waals surface area contributed by atoms with Gasteiger partial charge < -0.3 is 0 Å². The van der Waals surface area contributed by atoms with Crippen molar-refractivity contribution in [2.75, 3.05) is 21.1 Å². The molecule has 3 aromatic carbocycles. The van der Waals surface area contributed by atoms with Crippen molar-refractivity contribution >= 4 is 51.6 Å². The maximum absolute atomic E-state index is 2.34. The minimum atomic E-state index is 0.238. The van der Waals surface area contributed by atoms with Crippen LogP contribution in [0.25, 0.3) is 12.2 Å². The SMILES string of the molecule is Cc1cc(C)c(B(c2ccc(/C=C/c3ccc([N+](C)(C)C)cc3)s2)c2c(C)cc(C)cc2C)c(C)c1. The van der Waals surface area contributed by atoms with Crippen LogP contribution in [0.3, 0.4) is 0 Å². The molecule has 0 bridgehead atoms. The molecule has 0 saturated carbocycles. The quantitative estimate of drug-likeness (QED) is 0.213. The van der Waals surface area contributed by atoms with Crippen LogP contribution in [0.15, 0.2) is 60.7 Å². The van der Waals surface area contributed by atoms with E-state index in [-0.39, 0.29) is 6.71 Å². The highest BCUT2D eigenvalue weighted by Crippen LogP contribution is 2.20. The third kappa shape index (κ3) is 5.58. The zero-order chi connectivity index (χ0) is 26.2.